The number of benzene rings is 2. The zero-order valence-electron chi connectivity index (χ0n) is 13.4. The van der Waals surface area contributed by atoms with Crippen LogP contribution in [0.4, 0.5) is 0 Å². The molecule has 0 aliphatic rings. The Morgan fingerprint density at radius 1 is 1.08 bits per heavy atom. The molecule has 0 bridgehead atoms. The maximum atomic E-state index is 12.6. The van der Waals surface area contributed by atoms with Crippen molar-refractivity contribution in [3.63, 3.8) is 0 Å². The molecule has 0 aliphatic carbocycles. The zero-order chi connectivity index (χ0) is 17.4. The number of ether oxygens (including phenoxy) is 1. The molecule has 4 rings (SSSR count). The molecule has 2 aromatic heterocycles. The first-order valence-electron chi connectivity index (χ1n) is 7.69. The van der Waals surface area contributed by atoms with Gasteiger partial charge >= 0.3 is 0 Å². The smallest absolute Gasteiger partial charge is 0.283 e. The van der Waals surface area contributed by atoms with Crippen molar-refractivity contribution in [3.8, 4) is 5.75 Å². The van der Waals surface area contributed by atoms with E-state index in [1.165, 1.54) is 0 Å². The lowest BCUT2D eigenvalue weighted by Crippen LogP contribution is -2.27. The third-order valence-electron chi connectivity index (χ3n) is 3.99. The van der Waals surface area contributed by atoms with Crippen molar-refractivity contribution >= 4 is 16.7 Å². The van der Waals surface area contributed by atoms with Gasteiger partial charge in [0, 0.05) is 6.42 Å². The van der Waals surface area contributed by atoms with Crippen LogP contribution < -0.4 is 15.9 Å². The van der Waals surface area contributed by atoms with E-state index >= 15 is 0 Å². The molecular weight excluding hydrogens is 320 g/mol. The Bertz CT molecular complexity index is 1190. The van der Waals surface area contributed by atoms with Crippen molar-refractivity contribution in [1.29, 1.82) is 0 Å². The summed E-state index contributed by atoms with van der Waals surface area (Å²) in [6.07, 6.45) is 0.300. The third-order valence-corrected chi connectivity index (χ3v) is 3.99. The lowest BCUT2D eigenvalue weighted by atomic mass is 10.1. The number of aromatic amines is 1. The molecule has 7 heteroatoms. The number of H-pyrrole nitrogens is 1. The van der Waals surface area contributed by atoms with Crippen molar-refractivity contribution in [1.82, 2.24) is 19.6 Å². The van der Waals surface area contributed by atoms with Gasteiger partial charge in [-0.05, 0) is 29.8 Å². The summed E-state index contributed by atoms with van der Waals surface area (Å²) in [5.74, 6) is 0.864. The van der Waals surface area contributed by atoms with Gasteiger partial charge in [0.25, 0.3) is 11.1 Å². The molecule has 0 unspecified atom stereocenters. The molecule has 7 nitrogen and oxygen atoms in total. The highest BCUT2D eigenvalue weighted by Crippen LogP contribution is 2.13. The van der Waals surface area contributed by atoms with Crippen molar-refractivity contribution in [2.24, 2.45) is 0 Å². The number of nitrogens with one attached hydrogen (secondary N) is 1. The van der Waals surface area contributed by atoms with E-state index < -0.39 is 0 Å². The Hall–Kier alpha value is -3.48. The first-order chi connectivity index (χ1) is 12.2. The van der Waals surface area contributed by atoms with Crippen LogP contribution in [0.5, 0.6) is 5.75 Å². The first-order valence-corrected chi connectivity index (χ1v) is 7.69. The van der Waals surface area contributed by atoms with E-state index in [4.69, 9.17) is 4.74 Å². The molecule has 0 amide bonds. The summed E-state index contributed by atoms with van der Waals surface area (Å²) in [7, 11) is 1.59. The van der Waals surface area contributed by atoms with Crippen LogP contribution in [0.3, 0.4) is 0 Å². The van der Waals surface area contributed by atoms with Gasteiger partial charge < -0.3 is 4.74 Å². The number of fused-ring (bicyclic) bond motifs is 2. The second kappa shape index (κ2) is 5.86. The van der Waals surface area contributed by atoms with E-state index in [0.717, 1.165) is 15.8 Å². The predicted octanol–water partition coefficient (Wildman–Crippen LogP) is 1.53. The number of para-hydroxylation sites is 1. The van der Waals surface area contributed by atoms with Crippen molar-refractivity contribution in [3.05, 3.63) is 80.5 Å². The molecule has 0 aliphatic heterocycles. The molecule has 0 spiro atoms. The Morgan fingerprint density at radius 3 is 2.60 bits per heavy atom. The van der Waals surface area contributed by atoms with Crippen LogP contribution in [-0.2, 0) is 6.42 Å². The molecule has 0 radical (unpaired) electrons. The fourth-order valence-corrected chi connectivity index (χ4v) is 2.69. The van der Waals surface area contributed by atoms with Crippen LogP contribution in [0.25, 0.3) is 16.7 Å². The van der Waals surface area contributed by atoms with Gasteiger partial charge in [0.2, 0.25) is 5.78 Å². The van der Waals surface area contributed by atoms with Crippen LogP contribution in [0.15, 0.2) is 58.1 Å². The molecule has 0 saturated carbocycles. The average molecular weight is 334 g/mol. The fourth-order valence-electron chi connectivity index (χ4n) is 2.69. The molecule has 124 valence electrons. The Labute approximate surface area is 141 Å². The highest BCUT2D eigenvalue weighted by molar-refractivity contribution is 5.78. The maximum Gasteiger partial charge on any atom is 0.283 e. The van der Waals surface area contributed by atoms with Gasteiger partial charge in [-0.15, -0.1) is 0 Å². The van der Waals surface area contributed by atoms with Gasteiger partial charge in [-0.2, -0.15) is 9.61 Å². The summed E-state index contributed by atoms with van der Waals surface area (Å²) in [6.45, 7) is 0. The number of methoxy groups -OCH3 is 1. The summed E-state index contributed by atoms with van der Waals surface area (Å²) in [6, 6.07) is 14.3. The number of aromatic nitrogens is 4. The highest BCUT2D eigenvalue weighted by Gasteiger charge is 2.11. The minimum Gasteiger partial charge on any atom is -0.497 e. The molecule has 2 aromatic carbocycles. The number of hydrogen-bond acceptors (Lipinski definition) is 5. The minimum atomic E-state index is -0.363. The molecule has 0 saturated heterocycles. The molecule has 0 atom stereocenters. The lowest BCUT2D eigenvalue weighted by molar-refractivity contribution is 0.414. The van der Waals surface area contributed by atoms with Gasteiger partial charge in [-0.25, -0.2) is 4.98 Å². The van der Waals surface area contributed by atoms with Gasteiger partial charge in [-0.1, -0.05) is 24.3 Å². The summed E-state index contributed by atoms with van der Waals surface area (Å²) >= 11 is 0. The van der Waals surface area contributed by atoms with E-state index in [-0.39, 0.29) is 22.6 Å². The Morgan fingerprint density at radius 2 is 1.84 bits per heavy atom. The number of nitrogens with zero attached hydrogens (tertiary/aromatic N) is 3. The van der Waals surface area contributed by atoms with Crippen LogP contribution in [0, 0.1) is 0 Å². The Kier molecular flexibility index (Phi) is 3.53. The summed E-state index contributed by atoms with van der Waals surface area (Å²) < 4.78 is 6.26. The van der Waals surface area contributed by atoms with Crippen molar-refractivity contribution in [2.75, 3.05) is 7.11 Å². The third kappa shape index (κ3) is 2.65. The van der Waals surface area contributed by atoms with Crippen LogP contribution in [0.2, 0.25) is 0 Å². The number of rotatable bonds is 3. The van der Waals surface area contributed by atoms with Gasteiger partial charge in [0.05, 0.1) is 18.0 Å². The van der Waals surface area contributed by atoms with Crippen LogP contribution in [0.1, 0.15) is 11.3 Å². The van der Waals surface area contributed by atoms with E-state index in [1.807, 2.05) is 24.3 Å². The monoisotopic (exact) mass is 334 g/mol. The van der Waals surface area contributed by atoms with E-state index in [2.05, 4.69) is 15.1 Å². The highest BCUT2D eigenvalue weighted by atomic mass is 16.5. The lowest BCUT2D eigenvalue weighted by Gasteiger charge is -2.06. The summed E-state index contributed by atoms with van der Waals surface area (Å²) in [5.41, 5.74) is 0.982. The van der Waals surface area contributed by atoms with Gasteiger partial charge in [0.15, 0.2) is 0 Å². The topological polar surface area (TPSA) is 89.3 Å². The van der Waals surface area contributed by atoms with Crippen LogP contribution >= 0.6 is 0 Å². The summed E-state index contributed by atoms with van der Waals surface area (Å²) in [5, 5.41) is 4.68. The van der Waals surface area contributed by atoms with Crippen LogP contribution in [-0.4, -0.2) is 26.7 Å². The molecule has 4 aromatic rings. The maximum absolute atomic E-state index is 12.6. The Balaban J connectivity index is 1.85. The van der Waals surface area contributed by atoms with E-state index in [1.54, 1.807) is 31.4 Å². The predicted molar refractivity (Wildman–Crippen MR) is 93.2 cm³/mol. The molecule has 1 N–H and O–H groups in total. The standard InChI is InChI=1S/C18H14N4O3/c1-25-12-8-6-11(7-9-12)10-15-16(23)20-18-19-14-5-3-2-4-13(14)17(24)22(18)21-15/h2-9H,10H2,1H3,(H,19,20,23). The number of hydrogen-bond donors (Lipinski definition) is 1. The quantitative estimate of drug-likeness (QED) is 0.574. The zero-order valence-corrected chi connectivity index (χ0v) is 13.4. The fraction of sp³-hybridized carbons (Fsp3) is 0.111. The second-order valence-electron chi connectivity index (χ2n) is 5.60. The molecule has 25 heavy (non-hydrogen) atoms. The van der Waals surface area contributed by atoms with Crippen molar-refractivity contribution < 1.29 is 4.74 Å². The van der Waals surface area contributed by atoms with Crippen molar-refractivity contribution in [2.45, 2.75) is 6.42 Å². The van der Waals surface area contributed by atoms with Gasteiger partial charge in [-0.3, -0.25) is 14.6 Å². The van der Waals surface area contributed by atoms with Gasteiger partial charge in [0.1, 0.15) is 11.4 Å². The largest absolute Gasteiger partial charge is 0.497 e. The first kappa shape index (κ1) is 15.1. The molecular formula is C18H14N4O3. The minimum absolute atomic E-state index is 0.132. The van der Waals surface area contributed by atoms with E-state index in [9.17, 15) is 9.59 Å². The average Bonchev–Trinajstić information content (AvgIpc) is 2.64. The summed E-state index contributed by atoms with van der Waals surface area (Å²) in [4.78, 5) is 31.9. The normalized spacial score (nSPS) is 11.1. The molecule has 2 heterocycles. The second-order valence-corrected chi connectivity index (χ2v) is 5.60. The SMILES string of the molecule is COc1ccc(Cc2nn3c(=O)c4ccccc4nc3[nH]c2=O)cc1. The molecule has 0 fully saturated rings. The van der Waals surface area contributed by atoms with E-state index in [0.29, 0.717) is 17.3 Å².